The number of methoxy groups -OCH3 is 1. The average molecular weight is 364 g/mol. The van der Waals surface area contributed by atoms with Gasteiger partial charge < -0.3 is 20.1 Å². The number of rotatable bonds is 7. The molecule has 3 rings (SSSR count). The Bertz CT molecular complexity index is 853. The van der Waals surface area contributed by atoms with E-state index in [0.29, 0.717) is 24.7 Å². The Morgan fingerprint density at radius 2 is 1.89 bits per heavy atom. The topological polar surface area (TPSA) is 85.4 Å². The molecule has 0 atom stereocenters. The van der Waals surface area contributed by atoms with Gasteiger partial charge in [0, 0.05) is 30.6 Å². The number of anilines is 1. The smallest absolute Gasteiger partial charge is 0.319 e. The van der Waals surface area contributed by atoms with Gasteiger partial charge >= 0.3 is 6.03 Å². The third kappa shape index (κ3) is 5.71. The lowest BCUT2D eigenvalue weighted by atomic mass is 10.2. The Kier molecular flexibility index (Phi) is 6.19. The van der Waals surface area contributed by atoms with Gasteiger partial charge in [0.1, 0.15) is 12.4 Å². The molecule has 2 aromatic heterocycles. The van der Waals surface area contributed by atoms with Gasteiger partial charge in [-0.3, -0.25) is 4.98 Å². The molecule has 7 nitrogen and oxygen atoms in total. The fourth-order valence-corrected chi connectivity index (χ4v) is 2.29. The number of hydrogen-bond donors (Lipinski definition) is 2. The normalized spacial score (nSPS) is 10.1. The molecule has 0 aliphatic rings. The van der Waals surface area contributed by atoms with E-state index in [4.69, 9.17) is 9.47 Å². The van der Waals surface area contributed by atoms with Crippen molar-refractivity contribution < 1.29 is 14.3 Å². The van der Waals surface area contributed by atoms with Crippen LogP contribution in [0.4, 0.5) is 10.5 Å². The Labute approximate surface area is 157 Å². The van der Waals surface area contributed by atoms with Crippen molar-refractivity contribution in [3.05, 3.63) is 78.2 Å². The van der Waals surface area contributed by atoms with Crippen LogP contribution in [0.3, 0.4) is 0 Å². The molecule has 0 spiro atoms. The van der Waals surface area contributed by atoms with Crippen LogP contribution in [0.25, 0.3) is 0 Å². The van der Waals surface area contributed by atoms with E-state index >= 15 is 0 Å². The highest BCUT2D eigenvalue weighted by Gasteiger charge is 2.03. The molecule has 0 aliphatic heterocycles. The number of amides is 2. The van der Waals surface area contributed by atoms with Gasteiger partial charge in [0.25, 0.3) is 0 Å². The summed E-state index contributed by atoms with van der Waals surface area (Å²) >= 11 is 0. The van der Waals surface area contributed by atoms with Crippen LogP contribution in [0.1, 0.15) is 11.1 Å². The van der Waals surface area contributed by atoms with E-state index in [9.17, 15) is 4.79 Å². The first-order chi connectivity index (χ1) is 13.2. The van der Waals surface area contributed by atoms with E-state index in [0.717, 1.165) is 16.9 Å². The van der Waals surface area contributed by atoms with Crippen molar-refractivity contribution >= 4 is 11.7 Å². The molecule has 0 unspecified atom stereocenters. The maximum atomic E-state index is 12.0. The van der Waals surface area contributed by atoms with Crippen LogP contribution in [0.5, 0.6) is 11.6 Å². The summed E-state index contributed by atoms with van der Waals surface area (Å²) < 4.78 is 10.7. The molecule has 0 radical (unpaired) electrons. The average Bonchev–Trinajstić information content (AvgIpc) is 2.73. The minimum atomic E-state index is -0.307. The Hall–Kier alpha value is -3.61. The summed E-state index contributed by atoms with van der Waals surface area (Å²) in [7, 11) is 1.54. The number of nitrogens with one attached hydrogen (secondary N) is 2. The molecule has 3 aromatic rings. The summed E-state index contributed by atoms with van der Waals surface area (Å²) in [4.78, 5) is 20.0. The number of carbonyl (C=O) groups excluding carboxylic acids is 1. The first-order valence-electron chi connectivity index (χ1n) is 8.38. The molecule has 1 aromatic carbocycles. The van der Waals surface area contributed by atoms with E-state index in [1.807, 2.05) is 36.4 Å². The first kappa shape index (κ1) is 18.2. The number of aromatic nitrogens is 2. The lowest BCUT2D eigenvalue weighted by Crippen LogP contribution is -2.28. The summed E-state index contributed by atoms with van der Waals surface area (Å²) in [5.41, 5.74) is 2.56. The third-order valence-electron chi connectivity index (χ3n) is 3.71. The number of pyridine rings is 2. The highest BCUT2D eigenvalue weighted by molar-refractivity contribution is 5.88. The van der Waals surface area contributed by atoms with Crippen LogP contribution in [-0.2, 0) is 13.2 Å². The lowest BCUT2D eigenvalue weighted by Gasteiger charge is -2.09. The summed E-state index contributed by atoms with van der Waals surface area (Å²) in [6.07, 6.45) is 5.04. The second kappa shape index (κ2) is 9.19. The molecule has 0 bridgehead atoms. The number of carbonyl (C=O) groups is 1. The number of benzene rings is 1. The number of ether oxygens (including phenoxy) is 2. The summed E-state index contributed by atoms with van der Waals surface area (Å²) in [5, 5.41) is 5.51. The van der Waals surface area contributed by atoms with Crippen molar-refractivity contribution in [2.75, 3.05) is 12.4 Å². The predicted molar refractivity (Wildman–Crippen MR) is 102 cm³/mol. The zero-order chi connectivity index (χ0) is 18.9. The van der Waals surface area contributed by atoms with Crippen LogP contribution in [-0.4, -0.2) is 23.1 Å². The maximum Gasteiger partial charge on any atom is 0.319 e. The fraction of sp³-hybridized carbons (Fsp3) is 0.150. The molecule has 2 amide bonds. The van der Waals surface area contributed by atoms with Crippen LogP contribution < -0.4 is 20.1 Å². The minimum Gasteiger partial charge on any atom is -0.489 e. The van der Waals surface area contributed by atoms with Crippen molar-refractivity contribution in [3.8, 4) is 11.6 Å². The second-order valence-electron chi connectivity index (χ2n) is 5.69. The zero-order valence-electron chi connectivity index (χ0n) is 14.9. The molecule has 27 heavy (non-hydrogen) atoms. The van der Waals surface area contributed by atoms with Gasteiger partial charge in [0.05, 0.1) is 19.0 Å². The molecule has 7 heteroatoms. The molecular formula is C20H20N4O3. The Balaban J connectivity index is 1.44. The summed E-state index contributed by atoms with van der Waals surface area (Å²) in [6, 6.07) is 14.5. The summed E-state index contributed by atoms with van der Waals surface area (Å²) in [6.45, 7) is 0.863. The first-order valence-corrected chi connectivity index (χ1v) is 8.38. The van der Waals surface area contributed by atoms with Gasteiger partial charge in [0.2, 0.25) is 5.88 Å². The van der Waals surface area contributed by atoms with E-state index in [1.54, 1.807) is 24.5 Å². The van der Waals surface area contributed by atoms with Crippen LogP contribution in [0.2, 0.25) is 0 Å². The van der Waals surface area contributed by atoms with Gasteiger partial charge in [-0.1, -0.05) is 18.2 Å². The van der Waals surface area contributed by atoms with Crippen molar-refractivity contribution in [2.24, 2.45) is 0 Å². The van der Waals surface area contributed by atoms with Crippen molar-refractivity contribution in [3.63, 3.8) is 0 Å². The predicted octanol–water partition coefficient (Wildman–Crippen LogP) is 3.39. The number of hydrogen-bond acceptors (Lipinski definition) is 5. The zero-order valence-corrected chi connectivity index (χ0v) is 14.9. The Morgan fingerprint density at radius 1 is 1.04 bits per heavy atom. The molecule has 2 heterocycles. The largest absolute Gasteiger partial charge is 0.489 e. The summed E-state index contributed by atoms with van der Waals surface area (Å²) in [5.74, 6) is 1.25. The van der Waals surface area contributed by atoms with Gasteiger partial charge in [-0.05, 0) is 29.8 Å². The van der Waals surface area contributed by atoms with Crippen LogP contribution >= 0.6 is 0 Å². The molecule has 0 aliphatic carbocycles. The van der Waals surface area contributed by atoms with Crippen molar-refractivity contribution in [1.82, 2.24) is 15.3 Å². The SMILES string of the molecule is COc1ccc(NC(=O)NCc2ccc(OCc3cccnc3)cc2)cn1. The highest BCUT2D eigenvalue weighted by Crippen LogP contribution is 2.14. The molecular weight excluding hydrogens is 344 g/mol. The fourth-order valence-electron chi connectivity index (χ4n) is 2.29. The number of nitrogens with zero attached hydrogens (tertiary/aromatic N) is 2. The lowest BCUT2D eigenvalue weighted by molar-refractivity contribution is 0.251. The molecule has 0 saturated carbocycles. The third-order valence-corrected chi connectivity index (χ3v) is 3.71. The standard InChI is InChI=1S/C20H20N4O3/c1-26-19-9-6-17(13-22-19)24-20(25)23-12-15-4-7-18(8-5-15)27-14-16-3-2-10-21-11-16/h2-11,13H,12,14H2,1H3,(H2,23,24,25). The monoisotopic (exact) mass is 364 g/mol. The minimum absolute atomic E-state index is 0.307. The molecule has 0 saturated heterocycles. The van der Waals surface area contributed by atoms with E-state index < -0.39 is 0 Å². The van der Waals surface area contributed by atoms with Gasteiger partial charge in [-0.15, -0.1) is 0 Å². The van der Waals surface area contributed by atoms with Gasteiger partial charge in [-0.25, -0.2) is 9.78 Å². The molecule has 0 fully saturated rings. The Morgan fingerprint density at radius 3 is 2.56 bits per heavy atom. The van der Waals surface area contributed by atoms with Gasteiger partial charge in [-0.2, -0.15) is 0 Å². The van der Waals surface area contributed by atoms with E-state index in [2.05, 4.69) is 20.6 Å². The quantitative estimate of drug-likeness (QED) is 0.671. The number of urea groups is 1. The van der Waals surface area contributed by atoms with E-state index in [1.165, 1.54) is 13.3 Å². The van der Waals surface area contributed by atoms with Crippen LogP contribution in [0.15, 0.2) is 67.1 Å². The van der Waals surface area contributed by atoms with Crippen LogP contribution in [0, 0.1) is 0 Å². The second-order valence-corrected chi connectivity index (χ2v) is 5.69. The van der Waals surface area contributed by atoms with Gasteiger partial charge in [0.15, 0.2) is 0 Å². The molecule has 138 valence electrons. The van der Waals surface area contributed by atoms with Crippen molar-refractivity contribution in [1.29, 1.82) is 0 Å². The molecule has 2 N–H and O–H groups in total. The van der Waals surface area contributed by atoms with E-state index in [-0.39, 0.29) is 6.03 Å². The maximum absolute atomic E-state index is 12.0. The van der Waals surface area contributed by atoms with Crippen molar-refractivity contribution in [2.45, 2.75) is 13.2 Å². The highest BCUT2D eigenvalue weighted by atomic mass is 16.5.